The number of halogens is 1. The van der Waals surface area contributed by atoms with Crippen LogP contribution in [0, 0.1) is 6.92 Å². The number of aromatic nitrogens is 2. The maximum atomic E-state index is 11.6. The molecule has 2 heterocycles. The number of sulfone groups is 1. The van der Waals surface area contributed by atoms with Crippen LogP contribution in [-0.2, 0) is 22.8 Å². The van der Waals surface area contributed by atoms with E-state index in [0.29, 0.717) is 12.8 Å². The number of nitrogens with zero attached hydrogens (tertiary/aromatic N) is 2. The lowest BCUT2D eigenvalue weighted by Crippen LogP contribution is -2.43. The summed E-state index contributed by atoms with van der Waals surface area (Å²) in [6.07, 6.45) is 1.07. The summed E-state index contributed by atoms with van der Waals surface area (Å²) < 4.78 is 26.0. The van der Waals surface area contributed by atoms with Gasteiger partial charge in [0.15, 0.2) is 9.84 Å². The molecule has 1 aliphatic heterocycles. The van der Waals surface area contributed by atoms with E-state index in [4.69, 9.17) is 5.73 Å². The molecule has 0 aliphatic carbocycles. The summed E-state index contributed by atoms with van der Waals surface area (Å²) in [5.74, 6) is 0.265. The van der Waals surface area contributed by atoms with Gasteiger partial charge in [0.05, 0.1) is 27.4 Å². The zero-order valence-corrected chi connectivity index (χ0v) is 13.0. The van der Waals surface area contributed by atoms with Crippen molar-refractivity contribution in [3.63, 3.8) is 0 Å². The minimum atomic E-state index is -2.97. The summed E-state index contributed by atoms with van der Waals surface area (Å²) in [4.78, 5) is 0. The topological polar surface area (TPSA) is 78.0 Å². The predicted molar refractivity (Wildman–Crippen MR) is 74.2 cm³/mol. The zero-order valence-electron chi connectivity index (χ0n) is 10.6. The van der Waals surface area contributed by atoms with Crippen molar-refractivity contribution in [1.29, 1.82) is 0 Å². The Morgan fingerprint density at radius 2 is 2.22 bits per heavy atom. The monoisotopic (exact) mass is 335 g/mol. The SMILES string of the molecule is CCn1nc(C)c(Br)c1CC1(N)CCS(=O)(=O)C1. The molecule has 1 aromatic heterocycles. The normalized spacial score (nSPS) is 26.7. The molecule has 0 aromatic carbocycles. The molecule has 2 rings (SSSR count). The fourth-order valence-corrected chi connectivity index (χ4v) is 4.86. The summed E-state index contributed by atoms with van der Waals surface area (Å²) in [5.41, 5.74) is 7.48. The molecule has 0 radical (unpaired) electrons. The van der Waals surface area contributed by atoms with Gasteiger partial charge in [0, 0.05) is 18.5 Å². The van der Waals surface area contributed by atoms with Crippen molar-refractivity contribution in [2.45, 2.75) is 38.8 Å². The Morgan fingerprint density at radius 3 is 2.72 bits per heavy atom. The van der Waals surface area contributed by atoms with Gasteiger partial charge in [0.2, 0.25) is 0 Å². The first kappa shape index (κ1) is 14.0. The van der Waals surface area contributed by atoms with E-state index in [9.17, 15) is 8.42 Å². The van der Waals surface area contributed by atoms with E-state index in [-0.39, 0.29) is 11.5 Å². The Morgan fingerprint density at radius 1 is 1.56 bits per heavy atom. The molecular weight excluding hydrogens is 318 g/mol. The lowest BCUT2D eigenvalue weighted by atomic mass is 9.94. The van der Waals surface area contributed by atoms with Gasteiger partial charge in [0.1, 0.15) is 0 Å². The third-order valence-corrected chi connectivity index (χ3v) is 6.26. The summed E-state index contributed by atoms with van der Waals surface area (Å²) in [6, 6.07) is 0. The van der Waals surface area contributed by atoms with Crippen molar-refractivity contribution in [3.05, 3.63) is 15.9 Å². The lowest BCUT2D eigenvalue weighted by Gasteiger charge is -2.22. The third-order valence-electron chi connectivity index (χ3n) is 3.39. The average molecular weight is 336 g/mol. The summed E-state index contributed by atoms with van der Waals surface area (Å²) in [7, 11) is -2.97. The van der Waals surface area contributed by atoms with Gasteiger partial charge in [-0.2, -0.15) is 5.10 Å². The molecule has 0 amide bonds. The highest BCUT2D eigenvalue weighted by Crippen LogP contribution is 2.29. The Labute approximate surface area is 116 Å². The van der Waals surface area contributed by atoms with E-state index >= 15 is 0 Å². The highest BCUT2D eigenvalue weighted by atomic mass is 79.9. The van der Waals surface area contributed by atoms with E-state index < -0.39 is 15.4 Å². The van der Waals surface area contributed by atoms with Gasteiger partial charge >= 0.3 is 0 Å². The minimum Gasteiger partial charge on any atom is -0.324 e. The number of nitrogens with two attached hydrogens (primary N) is 1. The van der Waals surface area contributed by atoms with Crippen molar-refractivity contribution >= 4 is 25.8 Å². The molecule has 18 heavy (non-hydrogen) atoms. The van der Waals surface area contributed by atoms with Crippen molar-refractivity contribution < 1.29 is 8.42 Å². The van der Waals surface area contributed by atoms with Crippen molar-refractivity contribution in [1.82, 2.24) is 9.78 Å². The average Bonchev–Trinajstić information content (AvgIpc) is 2.69. The van der Waals surface area contributed by atoms with E-state index in [2.05, 4.69) is 21.0 Å². The lowest BCUT2D eigenvalue weighted by molar-refractivity contribution is 0.452. The molecule has 1 atom stereocenters. The van der Waals surface area contributed by atoms with Gasteiger partial charge in [-0.25, -0.2) is 8.42 Å². The molecule has 0 bridgehead atoms. The van der Waals surface area contributed by atoms with Gasteiger partial charge < -0.3 is 5.73 Å². The first-order chi connectivity index (χ1) is 8.26. The van der Waals surface area contributed by atoms with Crippen LogP contribution in [0.3, 0.4) is 0 Å². The maximum Gasteiger partial charge on any atom is 0.152 e. The number of rotatable bonds is 3. The quantitative estimate of drug-likeness (QED) is 0.894. The van der Waals surface area contributed by atoms with E-state index in [0.717, 1.165) is 22.4 Å². The second-order valence-corrected chi connectivity index (χ2v) is 8.02. The molecule has 2 N–H and O–H groups in total. The Balaban J connectivity index is 2.30. The molecule has 1 unspecified atom stereocenters. The minimum absolute atomic E-state index is 0.0698. The zero-order chi connectivity index (χ0) is 13.6. The van der Waals surface area contributed by atoms with Crippen LogP contribution in [0.5, 0.6) is 0 Å². The molecule has 1 fully saturated rings. The van der Waals surface area contributed by atoms with Gasteiger partial charge in [-0.15, -0.1) is 0 Å². The van der Waals surface area contributed by atoms with Crippen LogP contribution in [0.15, 0.2) is 4.47 Å². The van der Waals surface area contributed by atoms with Gasteiger partial charge in [0.25, 0.3) is 0 Å². The number of hydrogen-bond acceptors (Lipinski definition) is 4. The molecule has 0 spiro atoms. The fraction of sp³-hybridized carbons (Fsp3) is 0.727. The molecule has 1 aromatic rings. The highest BCUT2D eigenvalue weighted by molar-refractivity contribution is 9.10. The summed E-state index contributed by atoms with van der Waals surface area (Å²) in [5, 5.41) is 4.40. The first-order valence-electron chi connectivity index (χ1n) is 5.97. The van der Waals surface area contributed by atoms with E-state index in [1.165, 1.54) is 0 Å². The van der Waals surface area contributed by atoms with Crippen molar-refractivity contribution in [2.75, 3.05) is 11.5 Å². The van der Waals surface area contributed by atoms with E-state index in [1.54, 1.807) is 0 Å². The molecule has 5 nitrogen and oxygen atoms in total. The van der Waals surface area contributed by atoms with Crippen LogP contribution < -0.4 is 5.73 Å². The van der Waals surface area contributed by atoms with Gasteiger partial charge in [-0.1, -0.05) is 0 Å². The van der Waals surface area contributed by atoms with Crippen LogP contribution >= 0.6 is 15.9 Å². The van der Waals surface area contributed by atoms with Gasteiger partial charge in [-0.3, -0.25) is 4.68 Å². The largest absolute Gasteiger partial charge is 0.324 e. The molecule has 0 saturated carbocycles. The third kappa shape index (κ3) is 2.62. The molecule has 1 aliphatic rings. The smallest absolute Gasteiger partial charge is 0.152 e. The fourth-order valence-electron chi connectivity index (χ4n) is 2.45. The van der Waals surface area contributed by atoms with Crippen LogP contribution in [-0.4, -0.2) is 35.2 Å². The highest BCUT2D eigenvalue weighted by Gasteiger charge is 2.40. The van der Waals surface area contributed by atoms with Crippen LogP contribution in [0.4, 0.5) is 0 Å². The van der Waals surface area contributed by atoms with Crippen molar-refractivity contribution in [3.8, 4) is 0 Å². The molecule has 102 valence electrons. The Bertz CT molecular complexity index is 567. The van der Waals surface area contributed by atoms with Gasteiger partial charge in [-0.05, 0) is 36.2 Å². The Hall–Kier alpha value is -0.400. The second-order valence-electron chi connectivity index (χ2n) is 5.04. The number of hydrogen-bond donors (Lipinski definition) is 1. The standard InChI is InChI=1S/C11H18BrN3O2S/c1-3-15-9(10(12)8(2)14-15)6-11(13)4-5-18(16,17)7-11/h3-7,13H2,1-2H3. The Kier molecular flexibility index (Phi) is 3.59. The predicted octanol–water partition coefficient (Wildman–Crippen LogP) is 1.03. The van der Waals surface area contributed by atoms with E-state index in [1.807, 2.05) is 18.5 Å². The van der Waals surface area contributed by atoms with Crippen molar-refractivity contribution in [2.24, 2.45) is 5.73 Å². The maximum absolute atomic E-state index is 11.6. The second kappa shape index (κ2) is 4.61. The van der Waals surface area contributed by atoms with Crippen LogP contribution in [0.2, 0.25) is 0 Å². The molecule has 7 heteroatoms. The van der Waals surface area contributed by atoms with Crippen LogP contribution in [0.25, 0.3) is 0 Å². The summed E-state index contributed by atoms with van der Waals surface area (Å²) >= 11 is 3.51. The first-order valence-corrected chi connectivity index (χ1v) is 8.59. The summed E-state index contributed by atoms with van der Waals surface area (Å²) in [6.45, 7) is 4.69. The number of aryl methyl sites for hydroxylation is 2. The molecular formula is C11H18BrN3O2S. The molecule has 1 saturated heterocycles. The van der Waals surface area contributed by atoms with Crippen LogP contribution in [0.1, 0.15) is 24.7 Å².